The lowest BCUT2D eigenvalue weighted by Crippen LogP contribution is -2.30. The lowest BCUT2D eigenvalue weighted by molar-refractivity contribution is 0.265. The highest BCUT2D eigenvalue weighted by Gasteiger charge is 2.36. The topological polar surface area (TPSA) is 47.6 Å². The Morgan fingerprint density at radius 2 is 1.79 bits per heavy atom. The summed E-state index contributed by atoms with van der Waals surface area (Å²) in [5.74, 6) is 0.796. The Bertz CT molecular complexity index is 494. The zero-order valence-corrected chi connectivity index (χ0v) is 11.5. The fraction of sp³-hybridized carbons (Fsp3) is 0.529. The van der Waals surface area contributed by atoms with Crippen molar-refractivity contribution in [2.45, 2.75) is 50.9 Å². The van der Waals surface area contributed by atoms with Crippen molar-refractivity contribution < 1.29 is 0 Å². The molecule has 1 aliphatic carbocycles. The van der Waals surface area contributed by atoms with Crippen molar-refractivity contribution in [3.8, 4) is 12.1 Å². The Balaban J connectivity index is 2.16. The van der Waals surface area contributed by atoms with Gasteiger partial charge in [0.1, 0.15) is 0 Å². The molecule has 0 amide bonds. The van der Waals surface area contributed by atoms with Gasteiger partial charge in [-0.05, 0) is 49.3 Å². The Morgan fingerprint density at radius 3 is 2.26 bits per heavy atom. The van der Waals surface area contributed by atoms with Gasteiger partial charge in [-0.1, -0.05) is 31.9 Å². The number of hydrogen-bond donors (Lipinski definition) is 0. The first-order valence-corrected chi connectivity index (χ1v) is 7.16. The van der Waals surface area contributed by atoms with Crippen molar-refractivity contribution in [2.24, 2.45) is 5.92 Å². The minimum Gasteiger partial charge on any atom is -0.197 e. The third-order valence-corrected chi connectivity index (χ3v) is 4.44. The fourth-order valence-corrected chi connectivity index (χ4v) is 3.20. The zero-order chi connectivity index (χ0) is 13.7. The molecule has 1 aromatic rings. The van der Waals surface area contributed by atoms with E-state index >= 15 is 0 Å². The number of hydrogen-bond acceptors (Lipinski definition) is 2. The molecule has 0 unspecified atom stereocenters. The van der Waals surface area contributed by atoms with Crippen molar-refractivity contribution in [3.63, 3.8) is 0 Å². The van der Waals surface area contributed by atoms with Crippen LogP contribution in [0.25, 0.3) is 0 Å². The Labute approximate surface area is 115 Å². The van der Waals surface area contributed by atoms with Crippen LogP contribution in [0.4, 0.5) is 0 Å². The summed E-state index contributed by atoms with van der Waals surface area (Å²) in [6.07, 6.45) is 6.75. The van der Waals surface area contributed by atoms with Crippen molar-refractivity contribution in [3.05, 3.63) is 35.4 Å². The van der Waals surface area contributed by atoms with E-state index in [4.69, 9.17) is 5.26 Å². The molecule has 0 radical (unpaired) electrons. The Kier molecular flexibility index (Phi) is 4.23. The molecule has 19 heavy (non-hydrogen) atoms. The second-order valence-electron chi connectivity index (χ2n) is 5.62. The van der Waals surface area contributed by atoms with E-state index in [1.807, 2.05) is 24.3 Å². The molecule has 98 valence electrons. The van der Waals surface area contributed by atoms with Gasteiger partial charge in [0.15, 0.2) is 0 Å². The van der Waals surface area contributed by atoms with E-state index in [1.165, 1.54) is 12.8 Å². The van der Waals surface area contributed by atoms with Crippen LogP contribution in [0.5, 0.6) is 0 Å². The van der Waals surface area contributed by atoms with Crippen LogP contribution >= 0.6 is 0 Å². The summed E-state index contributed by atoms with van der Waals surface area (Å²) in [6.45, 7) is 2.23. The van der Waals surface area contributed by atoms with E-state index < -0.39 is 0 Å². The summed E-state index contributed by atoms with van der Waals surface area (Å²) in [7, 11) is 0. The molecule has 1 fully saturated rings. The predicted molar refractivity (Wildman–Crippen MR) is 75.3 cm³/mol. The number of nitriles is 2. The van der Waals surface area contributed by atoms with Crippen LogP contribution < -0.4 is 0 Å². The van der Waals surface area contributed by atoms with Gasteiger partial charge in [-0.15, -0.1) is 0 Å². The maximum Gasteiger partial charge on any atom is 0.0991 e. The molecule has 0 aromatic heterocycles. The molecule has 1 saturated carbocycles. The molecular weight excluding hydrogens is 232 g/mol. The van der Waals surface area contributed by atoms with E-state index in [9.17, 15) is 5.26 Å². The first-order valence-electron chi connectivity index (χ1n) is 7.16. The zero-order valence-electron chi connectivity index (χ0n) is 11.5. The predicted octanol–water partition coefficient (Wildman–Crippen LogP) is 4.31. The number of rotatable bonds is 3. The third kappa shape index (κ3) is 2.79. The molecule has 0 spiro atoms. The summed E-state index contributed by atoms with van der Waals surface area (Å²) >= 11 is 0. The average molecular weight is 252 g/mol. The van der Waals surface area contributed by atoms with Crippen molar-refractivity contribution in [1.29, 1.82) is 10.5 Å². The molecule has 2 nitrogen and oxygen atoms in total. The summed E-state index contributed by atoms with van der Waals surface area (Å²) in [5, 5.41) is 18.5. The lowest BCUT2D eigenvalue weighted by Gasteiger charge is -2.35. The molecule has 0 aliphatic heterocycles. The van der Waals surface area contributed by atoms with Crippen LogP contribution in [-0.2, 0) is 5.41 Å². The van der Waals surface area contributed by atoms with Gasteiger partial charge in [-0.3, -0.25) is 0 Å². The number of nitrogens with zero attached hydrogens (tertiary/aromatic N) is 2. The van der Waals surface area contributed by atoms with Crippen LogP contribution in [0.15, 0.2) is 24.3 Å². The summed E-state index contributed by atoms with van der Waals surface area (Å²) in [5.41, 5.74) is 1.43. The SMILES string of the molecule is CCC[C@H]1CC[C@@](C#N)(c2ccc(C#N)cc2)CC1. The first kappa shape index (κ1) is 13.6. The van der Waals surface area contributed by atoms with Gasteiger partial charge >= 0.3 is 0 Å². The Hall–Kier alpha value is -1.80. The second kappa shape index (κ2) is 5.89. The summed E-state index contributed by atoms with van der Waals surface area (Å²) in [4.78, 5) is 0. The van der Waals surface area contributed by atoms with E-state index in [1.54, 1.807) is 0 Å². The van der Waals surface area contributed by atoms with E-state index in [-0.39, 0.29) is 5.41 Å². The van der Waals surface area contributed by atoms with Gasteiger partial charge < -0.3 is 0 Å². The van der Waals surface area contributed by atoms with Crippen molar-refractivity contribution in [2.75, 3.05) is 0 Å². The van der Waals surface area contributed by atoms with Crippen LogP contribution in [0.2, 0.25) is 0 Å². The largest absolute Gasteiger partial charge is 0.197 e. The van der Waals surface area contributed by atoms with Crippen LogP contribution in [0.1, 0.15) is 56.6 Å². The monoisotopic (exact) mass is 252 g/mol. The molecular formula is C17H20N2. The van der Waals surface area contributed by atoms with Gasteiger partial charge in [0.2, 0.25) is 0 Å². The van der Waals surface area contributed by atoms with Gasteiger partial charge in [-0.2, -0.15) is 10.5 Å². The summed E-state index contributed by atoms with van der Waals surface area (Å²) in [6, 6.07) is 12.3. The maximum absolute atomic E-state index is 9.62. The second-order valence-corrected chi connectivity index (χ2v) is 5.62. The molecule has 1 aromatic carbocycles. The molecule has 0 N–H and O–H groups in total. The van der Waals surface area contributed by atoms with Gasteiger partial charge in [0.25, 0.3) is 0 Å². The Morgan fingerprint density at radius 1 is 1.16 bits per heavy atom. The van der Waals surface area contributed by atoms with E-state index in [0.717, 1.165) is 37.2 Å². The van der Waals surface area contributed by atoms with Crippen LogP contribution in [0, 0.1) is 28.6 Å². The fourth-order valence-electron chi connectivity index (χ4n) is 3.20. The third-order valence-electron chi connectivity index (χ3n) is 4.44. The van der Waals surface area contributed by atoms with Crippen LogP contribution in [0.3, 0.4) is 0 Å². The molecule has 2 heteroatoms. The van der Waals surface area contributed by atoms with Gasteiger partial charge in [0, 0.05) is 0 Å². The highest BCUT2D eigenvalue weighted by Crippen LogP contribution is 2.42. The maximum atomic E-state index is 9.62. The smallest absolute Gasteiger partial charge is 0.0991 e. The van der Waals surface area contributed by atoms with Gasteiger partial charge in [0.05, 0.1) is 23.1 Å². The molecule has 0 atom stereocenters. The lowest BCUT2D eigenvalue weighted by atomic mass is 9.67. The average Bonchev–Trinajstić information content (AvgIpc) is 2.49. The molecule has 0 heterocycles. The molecule has 0 bridgehead atoms. The quantitative estimate of drug-likeness (QED) is 0.804. The van der Waals surface area contributed by atoms with E-state index in [0.29, 0.717) is 5.56 Å². The minimum absolute atomic E-state index is 0.321. The van der Waals surface area contributed by atoms with E-state index in [2.05, 4.69) is 19.1 Å². The highest BCUT2D eigenvalue weighted by atomic mass is 14.4. The van der Waals surface area contributed by atoms with Gasteiger partial charge in [-0.25, -0.2) is 0 Å². The highest BCUT2D eigenvalue weighted by molar-refractivity contribution is 5.38. The standard InChI is InChI=1S/C17H20N2/c1-2-3-14-8-10-17(13-19,11-9-14)16-6-4-15(12-18)5-7-16/h4-7,14H,2-3,8-11H2,1H3/t14-,17+. The molecule has 2 rings (SSSR count). The molecule has 0 saturated heterocycles. The van der Waals surface area contributed by atoms with Crippen molar-refractivity contribution >= 4 is 0 Å². The van der Waals surface area contributed by atoms with Crippen molar-refractivity contribution in [1.82, 2.24) is 0 Å². The molecule has 1 aliphatic rings. The number of benzene rings is 1. The van der Waals surface area contributed by atoms with Crippen LogP contribution in [-0.4, -0.2) is 0 Å². The normalized spacial score (nSPS) is 26.4. The minimum atomic E-state index is -0.321. The summed E-state index contributed by atoms with van der Waals surface area (Å²) < 4.78 is 0. The first-order chi connectivity index (χ1) is 9.24.